The van der Waals surface area contributed by atoms with Gasteiger partial charge in [0.2, 0.25) is 0 Å². The summed E-state index contributed by atoms with van der Waals surface area (Å²) >= 11 is 5.01. The zero-order chi connectivity index (χ0) is 17.7. The Hall–Kier alpha value is -2.48. The van der Waals surface area contributed by atoms with Crippen molar-refractivity contribution in [3.05, 3.63) is 40.3 Å². The fourth-order valence-corrected chi connectivity index (χ4v) is 2.45. The molecule has 0 saturated carbocycles. The molecule has 1 amide bonds. The van der Waals surface area contributed by atoms with Gasteiger partial charge in [-0.05, 0) is 31.1 Å². The third-order valence-electron chi connectivity index (χ3n) is 3.25. The summed E-state index contributed by atoms with van der Waals surface area (Å²) in [6, 6.07) is 6.94. The van der Waals surface area contributed by atoms with Crippen molar-refractivity contribution in [2.24, 2.45) is 5.92 Å². The van der Waals surface area contributed by atoms with E-state index >= 15 is 0 Å². The van der Waals surface area contributed by atoms with E-state index in [4.69, 9.17) is 12.2 Å². The third-order valence-corrected chi connectivity index (χ3v) is 3.49. The highest BCUT2D eigenvalue weighted by atomic mass is 32.1. The maximum absolute atomic E-state index is 12.5. The van der Waals surface area contributed by atoms with Crippen molar-refractivity contribution in [2.45, 2.75) is 27.3 Å². The predicted octanol–water partition coefficient (Wildman–Crippen LogP) is 1.18. The molecule has 8 heteroatoms. The zero-order valence-electron chi connectivity index (χ0n) is 13.9. The second-order valence-corrected chi connectivity index (χ2v) is 6.12. The Balaban J connectivity index is 2.41. The standard InChI is InChI=1S/C16H21N5O2S/c1-4-17-16(24)19-18-14(22)13-11-7-5-6-8-12(11)15(23)21(20-13)9-10(2)3/h5-8,10H,4,9H2,1-3H3,(H,18,22)(H2,17,19,24). The Morgan fingerprint density at radius 2 is 1.92 bits per heavy atom. The van der Waals surface area contributed by atoms with Gasteiger partial charge in [-0.2, -0.15) is 5.10 Å². The summed E-state index contributed by atoms with van der Waals surface area (Å²) < 4.78 is 1.34. The Labute approximate surface area is 145 Å². The zero-order valence-corrected chi connectivity index (χ0v) is 14.7. The summed E-state index contributed by atoms with van der Waals surface area (Å²) in [6.07, 6.45) is 0. The summed E-state index contributed by atoms with van der Waals surface area (Å²) in [4.78, 5) is 25.0. The molecule has 0 saturated heterocycles. The molecule has 0 bridgehead atoms. The van der Waals surface area contributed by atoms with Gasteiger partial charge in [0.25, 0.3) is 11.5 Å². The molecule has 1 aromatic carbocycles. The van der Waals surface area contributed by atoms with Gasteiger partial charge >= 0.3 is 0 Å². The smallest absolute Gasteiger partial charge is 0.290 e. The lowest BCUT2D eigenvalue weighted by Crippen LogP contribution is -2.47. The van der Waals surface area contributed by atoms with Gasteiger partial charge in [0, 0.05) is 18.5 Å². The predicted molar refractivity (Wildman–Crippen MR) is 97.7 cm³/mol. The van der Waals surface area contributed by atoms with Crippen molar-refractivity contribution in [1.82, 2.24) is 25.9 Å². The molecule has 0 atom stereocenters. The van der Waals surface area contributed by atoms with Crippen LogP contribution >= 0.6 is 12.2 Å². The number of hydrogen-bond donors (Lipinski definition) is 3. The fraction of sp³-hybridized carbons (Fsp3) is 0.375. The molecule has 7 nitrogen and oxygen atoms in total. The molecule has 0 aliphatic carbocycles. The van der Waals surface area contributed by atoms with E-state index in [-0.39, 0.29) is 17.2 Å². The molecule has 2 rings (SSSR count). The Bertz CT molecular complexity index is 816. The van der Waals surface area contributed by atoms with E-state index in [1.165, 1.54) is 4.68 Å². The van der Waals surface area contributed by atoms with Gasteiger partial charge in [0.05, 0.1) is 5.39 Å². The number of fused-ring (bicyclic) bond motifs is 1. The second kappa shape index (κ2) is 7.87. The highest BCUT2D eigenvalue weighted by Gasteiger charge is 2.17. The second-order valence-electron chi connectivity index (χ2n) is 5.71. The van der Waals surface area contributed by atoms with Crippen molar-refractivity contribution in [2.75, 3.05) is 6.54 Å². The van der Waals surface area contributed by atoms with E-state index < -0.39 is 5.91 Å². The maximum Gasteiger partial charge on any atom is 0.290 e. The van der Waals surface area contributed by atoms with Crippen LogP contribution in [0.25, 0.3) is 10.8 Å². The van der Waals surface area contributed by atoms with Gasteiger partial charge in [0.1, 0.15) is 0 Å². The lowest BCUT2D eigenvalue weighted by Gasteiger charge is -2.14. The van der Waals surface area contributed by atoms with Gasteiger partial charge in [0.15, 0.2) is 10.8 Å². The average molecular weight is 347 g/mol. The van der Waals surface area contributed by atoms with E-state index in [9.17, 15) is 9.59 Å². The minimum Gasteiger partial charge on any atom is -0.362 e. The molecule has 24 heavy (non-hydrogen) atoms. The number of nitrogens with one attached hydrogen (secondary N) is 3. The van der Waals surface area contributed by atoms with Crippen LogP contribution in [-0.4, -0.2) is 27.3 Å². The number of benzene rings is 1. The van der Waals surface area contributed by atoms with Crippen LogP contribution in [0.5, 0.6) is 0 Å². The normalized spacial score (nSPS) is 10.7. The van der Waals surface area contributed by atoms with Crippen LogP contribution in [0.4, 0.5) is 0 Å². The molecule has 2 aromatic rings. The summed E-state index contributed by atoms with van der Waals surface area (Å²) in [7, 11) is 0. The molecule has 1 heterocycles. The number of hydrazine groups is 1. The van der Waals surface area contributed by atoms with Gasteiger partial charge in [-0.15, -0.1) is 0 Å². The van der Waals surface area contributed by atoms with Gasteiger partial charge in [-0.1, -0.05) is 32.0 Å². The Morgan fingerprint density at radius 1 is 1.25 bits per heavy atom. The lowest BCUT2D eigenvalue weighted by atomic mass is 10.1. The Kier molecular flexibility index (Phi) is 5.86. The number of carbonyl (C=O) groups is 1. The third kappa shape index (κ3) is 4.08. The number of nitrogens with zero attached hydrogens (tertiary/aromatic N) is 2. The van der Waals surface area contributed by atoms with Gasteiger partial charge in [-0.25, -0.2) is 4.68 Å². The summed E-state index contributed by atoms with van der Waals surface area (Å²) in [5, 5.41) is 8.41. The van der Waals surface area contributed by atoms with Crippen LogP contribution in [0, 0.1) is 5.92 Å². The molecule has 0 aliphatic rings. The number of aromatic nitrogens is 2. The first-order chi connectivity index (χ1) is 11.4. The first-order valence-electron chi connectivity index (χ1n) is 7.78. The topological polar surface area (TPSA) is 88.0 Å². The molecule has 0 radical (unpaired) electrons. The SMILES string of the molecule is CCNC(=S)NNC(=O)c1nn(CC(C)C)c(=O)c2ccccc12. The van der Waals surface area contributed by atoms with E-state index in [1.54, 1.807) is 24.3 Å². The number of carbonyl (C=O) groups excluding carboxylic acids is 1. The van der Waals surface area contributed by atoms with Crippen molar-refractivity contribution < 1.29 is 4.79 Å². The molecular weight excluding hydrogens is 326 g/mol. The minimum atomic E-state index is -0.455. The number of thiocarbonyl (C=S) groups is 1. The molecule has 0 unspecified atom stereocenters. The highest BCUT2D eigenvalue weighted by Crippen LogP contribution is 2.13. The van der Waals surface area contributed by atoms with E-state index in [0.717, 1.165) is 0 Å². The molecule has 3 N–H and O–H groups in total. The van der Waals surface area contributed by atoms with Crippen LogP contribution in [0.3, 0.4) is 0 Å². The summed E-state index contributed by atoms with van der Waals surface area (Å²) in [6.45, 7) is 6.95. The van der Waals surface area contributed by atoms with Crippen molar-refractivity contribution >= 4 is 34.0 Å². The number of hydrogen-bond acceptors (Lipinski definition) is 4. The average Bonchev–Trinajstić information content (AvgIpc) is 2.55. The first-order valence-corrected chi connectivity index (χ1v) is 8.19. The highest BCUT2D eigenvalue weighted by molar-refractivity contribution is 7.80. The summed E-state index contributed by atoms with van der Waals surface area (Å²) in [5.74, 6) is -0.226. The Morgan fingerprint density at radius 3 is 2.54 bits per heavy atom. The van der Waals surface area contributed by atoms with Crippen LogP contribution in [0.2, 0.25) is 0 Å². The molecule has 0 spiro atoms. The van der Waals surface area contributed by atoms with E-state index in [2.05, 4.69) is 21.3 Å². The van der Waals surface area contributed by atoms with Crippen molar-refractivity contribution in [1.29, 1.82) is 0 Å². The molecule has 1 aromatic heterocycles. The lowest BCUT2D eigenvalue weighted by molar-refractivity contribution is 0.0938. The van der Waals surface area contributed by atoms with Gasteiger partial charge < -0.3 is 5.32 Å². The minimum absolute atomic E-state index is 0.178. The summed E-state index contributed by atoms with van der Waals surface area (Å²) in [5.41, 5.74) is 5.10. The van der Waals surface area contributed by atoms with Crippen LogP contribution in [0.1, 0.15) is 31.3 Å². The van der Waals surface area contributed by atoms with E-state index in [1.807, 2.05) is 20.8 Å². The van der Waals surface area contributed by atoms with Crippen LogP contribution in [0.15, 0.2) is 29.1 Å². The maximum atomic E-state index is 12.5. The first kappa shape index (κ1) is 17.9. The van der Waals surface area contributed by atoms with Gasteiger partial charge in [-0.3, -0.25) is 20.4 Å². The fourth-order valence-electron chi connectivity index (χ4n) is 2.25. The molecule has 0 fully saturated rings. The monoisotopic (exact) mass is 347 g/mol. The number of rotatable bonds is 4. The van der Waals surface area contributed by atoms with Crippen molar-refractivity contribution in [3.8, 4) is 0 Å². The van der Waals surface area contributed by atoms with Crippen LogP contribution < -0.4 is 21.7 Å². The van der Waals surface area contributed by atoms with Crippen LogP contribution in [-0.2, 0) is 6.54 Å². The molecule has 128 valence electrons. The molecule has 0 aliphatic heterocycles. The molecular formula is C16H21N5O2S. The largest absolute Gasteiger partial charge is 0.362 e. The number of amides is 1. The van der Waals surface area contributed by atoms with E-state index in [0.29, 0.717) is 29.0 Å². The quantitative estimate of drug-likeness (QED) is 0.569. The van der Waals surface area contributed by atoms with Crippen molar-refractivity contribution in [3.63, 3.8) is 0 Å².